The first-order valence-corrected chi connectivity index (χ1v) is 13.9. The molecule has 0 spiro atoms. The smallest absolute Gasteiger partial charge is 0.545 e. The van der Waals surface area contributed by atoms with Crippen LogP contribution in [0.25, 0.3) is 0 Å². The minimum absolute atomic E-state index is 0. The Morgan fingerprint density at radius 1 is 0.891 bits per heavy atom. The summed E-state index contributed by atoms with van der Waals surface area (Å²) in [6, 6.07) is 6.41. The van der Waals surface area contributed by atoms with Crippen molar-refractivity contribution >= 4 is 21.9 Å². The largest absolute Gasteiger partial charge is 1.00 e. The molecule has 0 aliphatic rings. The van der Waals surface area contributed by atoms with Gasteiger partial charge in [-0.1, -0.05) is 13.0 Å². The number of nitrogens with zero attached hydrogens (tertiary/aromatic N) is 6. The first-order chi connectivity index (χ1) is 21.4. The molecule has 0 saturated heterocycles. The van der Waals surface area contributed by atoms with Crippen molar-refractivity contribution in [2.45, 2.75) is 33.2 Å². The Morgan fingerprint density at radius 2 is 1.30 bits per heavy atom. The molecule has 18 heteroatoms. The molecule has 46 heavy (non-hydrogen) atoms. The number of carbonyl (C=O) groups excluding carboxylic acids is 1. The van der Waals surface area contributed by atoms with Crippen molar-refractivity contribution in [2.24, 2.45) is 0 Å². The van der Waals surface area contributed by atoms with Gasteiger partial charge in [-0.2, -0.15) is 19.9 Å². The second-order valence-electron chi connectivity index (χ2n) is 8.83. The molecule has 240 valence electrons. The molecule has 3 heterocycles. The molecule has 3 aromatic heterocycles. The van der Waals surface area contributed by atoms with Crippen LogP contribution in [0, 0.1) is 6.92 Å². The first-order valence-electron chi connectivity index (χ1n) is 13.1. The van der Waals surface area contributed by atoms with E-state index < -0.39 is 11.5 Å². The number of carboxylic acid groups (broad SMARTS) is 1. The van der Waals surface area contributed by atoms with Crippen molar-refractivity contribution in [3.63, 3.8) is 0 Å². The molecule has 16 nitrogen and oxygen atoms in total. The van der Waals surface area contributed by atoms with Gasteiger partial charge in [0.25, 0.3) is 11.6 Å². The zero-order chi connectivity index (χ0) is 33.3. The number of halogens is 1. The van der Waals surface area contributed by atoms with Gasteiger partial charge < -0.3 is 43.4 Å². The number of aryl methyl sites for hydroxylation is 1. The Morgan fingerprint density at radius 3 is 1.65 bits per heavy atom. The minimum atomic E-state index is -1.57. The van der Waals surface area contributed by atoms with Gasteiger partial charge in [0.1, 0.15) is 16.0 Å². The van der Waals surface area contributed by atoms with E-state index in [9.17, 15) is 19.8 Å². The van der Waals surface area contributed by atoms with E-state index in [2.05, 4.69) is 40.8 Å². The SMILES string of the molecule is CCC(C)n1c(O)nc(C)c(Br)c1=O.COc1cc(OC)nc(Oc2cccc(Oc3nc(OC)cc(OC)n3)c2C(=O)[O-])n1.[Na+]. The van der Waals surface area contributed by atoms with Gasteiger partial charge in [-0.15, -0.1) is 0 Å². The van der Waals surface area contributed by atoms with Gasteiger partial charge in [0, 0.05) is 6.04 Å². The van der Waals surface area contributed by atoms with Crippen LogP contribution in [0.5, 0.6) is 53.1 Å². The number of aromatic nitrogens is 6. The fourth-order valence-electron chi connectivity index (χ4n) is 3.54. The number of aromatic hydroxyl groups is 1. The number of carbonyl (C=O) groups is 1. The molecule has 1 unspecified atom stereocenters. The topological polar surface area (TPSA) is 202 Å². The van der Waals surface area contributed by atoms with Crippen LogP contribution in [0.3, 0.4) is 0 Å². The molecule has 0 bridgehead atoms. The van der Waals surface area contributed by atoms with E-state index >= 15 is 0 Å². The van der Waals surface area contributed by atoms with Gasteiger partial charge in [-0.05, 0) is 48.3 Å². The molecule has 1 N–H and O–H groups in total. The third kappa shape index (κ3) is 9.41. The maximum absolute atomic E-state index is 11.9. The van der Waals surface area contributed by atoms with Crippen molar-refractivity contribution in [2.75, 3.05) is 28.4 Å². The molecule has 4 aromatic rings. The molecule has 1 atom stereocenters. The fraction of sp³-hybridized carbons (Fsp3) is 0.321. The number of benzene rings is 1. The van der Waals surface area contributed by atoms with Crippen LogP contribution in [0.15, 0.2) is 39.6 Å². The summed E-state index contributed by atoms with van der Waals surface area (Å²) in [4.78, 5) is 43.5. The second kappa shape index (κ2) is 17.5. The van der Waals surface area contributed by atoms with Crippen LogP contribution >= 0.6 is 15.9 Å². The number of aromatic carboxylic acids is 1. The summed E-state index contributed by atoms with van der Waals surface area (Å²) in [7, 11) is 5.59. The van der Waals surface area contributed by atoms with E-state index in [1.54, 1.807) is 6.92 Å². The van der Waals surface area contributed by atoms with Crippen molar-refractivity contribution in [3.05, 3.63) is 56.4 Å². The molecule has 1 aromatic carbocycles. The Bertz CT molecular complexity index is 1610. The van der Waals surface area contributed by atoms with Crippen LogP contribution in [0.4, 0.5) is 0 Å². The number of ether oxygens (including phenoxy) is 6. The Kier molecular flexibility index (Phi) is 14.4. The molecule has 0 saturated carbocycles. The van der Waals surface area contributed by atoms with Crippen molar-refractivity contribution in [1.29, 1.82) is 0 Å². The summed E-state index contributed by atoms with van der Waals surface area (Å²) in [5.74, 6) is -1.26. The van der Waals surface area contributed by atoms with Gasteiger partial charge >= 0.3 is 41.6 Å². The summed E-state index contributed by atoms with van der Waals surface area (Å²) >= 11 is 3.15. The molecule has 0 radical (unpaired) electrons. The van der Waals surface area contributed by atoms with Crippen LogP contribution in [0.2, 0.25) is 0 Å². The summed E-state index contributed by atoms with van der Waals surface area (Å²) in [5, 5.41) is 21.4. The van der Waals surface area contributed by atoms with Crippen LogP contribution in [0.1, 0.15) is 42.4 Å². The van der Waals surface area contributed by atoms with E-state index in [0.717, 1.165) is 6.42 Å². The second-order valence-corrected chi connectivity index (χ2v) is 9.63. The van der Waals surface area contributed by atoms with E-state index in [1.165, 1.54) is 63.3 Å². The van der Waals surface area contributed by atoms with E-state index in [0.29, 0.717) is 10.2 Å². The van der Waals surface area contributed by atoms with Crippen LogP contribution in [-0.2, 0) is 0 Å². The number of methoxy groups -OCH3 is 4. The van der Waals surface area contributed by atoms with E-state index in [4.69, 9.17) is 28.4 Å². The molecule has 4 rings (SSSR count). The maximum atomic E-state index is 11.9. The molecule has 0 aliphatic heterocycles. The molecule has 0 aliphatic carbocycles. The minimum Gasteiger partial charge on any atom is -0.545 e. The van der Waals surface area contributed by atoms with E-state index in [1.807, 2.05) is 13.8 Å². The third-order valence-corrected chi connectivity index (χ3v) is 6.90. The van der Waals surface area contributed by atoms with Gasteiger partial charge in [0.2, 0.25) is 23.5 Å². The molecular weight excluding hydrogens is 683 g/mol. The van der Waals surface area contributed by atoms with Crippen LogP contribution in [-0.4, -0.2) is 69.0 Å². The maximum Gasteiger partial charge on any atom is 1.00 e. The van der Waals surface area contributed by atoms with Gasteiger partial charge in [-0.3, -0.25) is 9.36 Å². The van der Waals surface area contributed by atoms with Crippen molar-refractivity contribution < 1.29 is 73.0 Å². The monoisotopic (exact) mass is 712 g/mol. The molecule has 0 amide bonds. The van der Waals surface area contributed by atoms with Gasteiger partial charge in [0.05, 0.1) is 57.8 Å². The average molecular weight is 713 g/mol. The van der Waals surface area contributed by atoms with Crippen LogP contribution < -0.4 is 68.6 Å². The number of rotatable bonds is 11. The van der Waals surface area contributed by atoms with Gasteiger partial charge in [0.15, 0.2) is 0 Å². The third-order valence-electron chi connectivity index (χ3n) is 5.99. The summed E-state index contributed by atoms with van der Waals surface area (Å²) in [6.07, 6.45) is 0.768. The van der Waals surface area contributed by atoms with E-state index in [-0.39, 0.29) is 94.2 Å². The normalized spacial score (nSPS) is 10.8. The molecule has 0 fully saturated rings. The Labute approximate surface area is 294 Å². The first kappa shape index (κ1) is 38.0. The Hall–Kier alpha value is -4.19. The zero-order valence-corrected chi connectivity index (χ0v) is 29.9. The molecular formula is C28H30BrN6NaO10. The predicted octanol–water partition coefficient (Wildman–Crippen LogP) is 0.244. The number of hydrogen-bond donors (Lipinski definition) is 1. The summed E-state index contributed by atoms with van der Waals surface area (Å²) in [5.41, 5.74) is -0.144. The quantitative estimate of drug-likeness (QED) is 0.207. The number of hydrogen-bond acceptors (Lipinski definition) is 15. The predicted molar refractivity (Wildman–Crippen MR) is 159 cm³/mol. The van der Waals surface area contributed by atoms with Gasteiger partial charge in [-0.25, -0.2) is 4.98 Å². The summed E-state index contributed by atoms with van der Waals surface area (Å²) in [6.45, 7) is 5.49. The fourth-order valence-corrected chi connectivity index (χ4v) is 3.82. The average Bonchev–Trinajstić information content (AvgIpc) is 3.03. The van der Waals surface area contributed by atoms with Crippen molar-refractivity contribution in [3.8, 4) is 53.1 Å². The van der Waals surface area contributed by atoms with Crippen molar-refractivity contribution in [1.82, 2.24) is 29.5 Å². The standard InChI is InChI=1S/C19H18N4O8.C9H13BrN2O2.Na/c1-26-12-8-13(27-2)21-18(20-12)30-10-6-5-7-11(16(10)17(24)25)31-19-22-14(28-3)9-15(23-19)29-4;1-4-5(2)12-8(13)7(10)6(3)11-9(12)14;/h5-9H,1-4H3,(H,24,25);5H,4H2,1-3H3,(H,11,14);/q;;+1/p-1. The number of carboxylic acids is 1. The zero-order valence-electron chi connectivity index (χ0n) is 26.4. The summed E-state index contributed by atoms with van der Waals surface area (Å²) < 4.78 is 33.0. The Balaban J connectivity index is 0.000000413.